The van der Waals surface area contributed by atoms with E-state index in [1.807, 2.05) is 24.5 Å². The average Bonchev–Trinajstić information content (AvgIpc) is 3.20. The number of hydrogen-bond donors (Lipinski definition) is 1. The molecule has 0 fully saturated rings. The molecule has 1 aromatic heterocycles. The van der Waals surface area contributed by atoms with Gasteiger partial charge in [0.25, 0.3) is 5.91 Å². The predicted octanol–water partition coefficient (Wildman–Crippen LogP) is 3.41. The number of nitrogens with zero attached hydrogens (tertiary/aromatic N) is 2. The third-order valence-electron chi connectivity index (χ3n) is 3.87. The zero-order valence-electron chi connectivity index (χ0n) is 15.2. The van der Waals surface area contributed by atoms with E-state index in [1.54, 1.807) is 38.5 Å². The molecule has 1 heterocycles. The number of rotatable bonds is 7. The summed E-state index contributed by atoms with van der Waals surface area (Å²) in [7, 11) is 3.14. The molecule has 3 aromatic rings. The predicted molar refractivity (Wildman–Crippen MR) is 102 cm³/mol. The SMILES string of the molecule is COc1ccc(-c2noc(CNC(=O)c3ccccc3SC)n2)c(OC)c1. The van der Waals surface area contributed by atoms with Gasteiger partial charge in [0.05, 0.1) is 31.9 Å². The molecule has 7 nitrogen and oxygen atoms in total. The maximum Gasteiger partial charge on any atom is 0.252 e. The third kappa shape index (κ3) is 4.22. The van der Waals surface area contributed by atoms with Crippen molar-refractivity contribution in [3.63, 3.8) is 0 Å². The molecule has 0 atom stereocenters. The minimum absolute atomic E-state index is 0.132. The molecule has 3 rings (SSSR count). The first kappa shape index (κ1) is 18.8. The van der Waals surface area contributed by atoms with E-state index in [4.69, 9.17) is 14.0 Å². The lowest BCUT2D eigenvalue weighted by atomic mass is 10.2. The van der Waals surface area contributed by atoms with Crippen LogP contribution >= 0.6 is 11.8 Å². The summed E-state index contributed by atoms with van der Waals surface area (Å²) in [5.41, 5.74) is 1.29. The van der Waals surface area contributed by atoms with Gasteiger partial charge in [-0.3, -0.25) is 4.79 Å². The van der Waals surface area contributed by atoms with E-state index in [9.17, 15) is 4.79 Å². The molecule has 8 heteroatoms. The van der Waals surface area contributed by atoms with Crippen LogP contribution in [-0.2, 0) is 6.54 Å². The van der Waals surface area contributed by atoms with E-state index in [-0.39, 0.29) is 12.5 Å². The van der Waals surface area contributed by atoms with Crippen molar-refractivity contribution < 1.29 is 18.8 Å². The fourth-order valence-corrected chi connectivity index (χ4v) is 3.10. The first-order chi connectivity index (χ1) is 13.2. The maximum atomic E-state index is 12.4. The second-order valence-corrected chi connectivity index (χ2v) is 6.31. The van der Waals surface area contributed by atoms with Crippen LogP contribution in [-0.4, -0.2) is 36.5 Å². The van der Waals surface area contributed by atoms with E-state index in [0.29, 0.717) is 34.3 Å². The van der Waals surface area contributed by atoms with E-state index >= 15 is 0 Å². The number of nitrogens with one attached hydrogen (secondary N) is 1. The van der Waals surface area contributed by atoms with Crippen LogP contribution in [0, 0.1) is 0 Å². The monoisotopic (exact) mass is 385 g/mol. The number of hydrogen-bond acceptors (Lipinski definition) is 7. The number of methoxy groups -OCH3 is 2. The van der Waals surface area contributed by atoms with Crippen molar-refractivity contribution >= 4 is 17.7 Å². The number of carbonyl (C=O) groups is 1. The van der Waals surface area contributed by atoms with E-state index in [2.05, 4.69) is 15.5 Å². The van der Waals surface area contributed by atoms with E-state index in [1.165, 1.54) is 11.8 Å². The van der Waals surface area contributed by atoms with Crippen LogP contribution in [0.15, 0.2) is 51.9 Å². The molecule has 27 heavy (non-hydrogen) atoms. The molecule has 2 aromatic carbocycles. The van der Waals surface area contributed by atoms with Gasteiger partial charge in [0.2, 0.25) is 11.7 Å². The molecule has 1 N–H and O–H groups in total. The van der Waals surface area contributed by atoms with Crippen molar-refractivity contribution in [1.29, 1.82) is 0 Å². The summed E-state index contributed by atoms with van der Waals surface area (Å²) in [6.07, 6.45) is 1.93. The average molecular weight is 385 g/mol. The number of amides is 1. The molecular formula is C19H19N3O4S. The van der Waals surface area contributed by atoms with Gasteiger partial charge in [-0.05, 0) is 30.5 Å². The summed E-state index contributed by atoms with van der Waals surface area (Å²) < 4.78 is 15.8. The van der Waals surface area contributed by atoms with Crippen LogP contribution in [0.2, 0.25) is 0 Å². The van der Waals surface area contributed by atoms with E-state index in [0.717, 1.165) is 4.90 Å². The van der Waals surface area contributed by atoms with Crippen molar-refractivity contribution in [2.45, 2.75) is 11.4 Å². The van der Waals surface area contributed by atoms with Crippen LogP contribution in [0.25, 0.3) is 11.4 Å². The topological polar surface area (TPSA) is 86.5 Å². The molecular weight excluding hydrogens is 366 g/mol. The van der Waals surface area contributed by atoms with Gasteiger partial charge in [0, 0.05) is 11.0 Å². The fraction of sp³-hybridized carbons (Fsp3) is 0.211. The Hall–Kier alpha value is -3.00. The molecule has 0 saturated heterocycles. The first-order valence-corrected chi connectivity index (χ1v) is 9.35. The van der Waals surface area contributed by atoms with Gasteiger partial charge in [0.1, 0.15) is 11.5 Å². The van der Waals surface area contributed by atoms with Crippen LogP contribution in [0.1, 0.15) is 16.2 Å². The Morgan fingerprint density at radius 3 is 2.74 bits per heavy atom. The Balaban J connectivity index is 1.72. The highest BCUT2D eigenvalue weighted by Gasteiger charge is 2.16. The van der Waals surface area contributed by atoms with Crippen LogP contribution in [0.3, 0.4) is 0 Å². The third-order valence-corrected chi connectivity index (χ3v) is 4.67. The molecule has 0 unspecified atom stereocenters. The van der Waals surface area contributed by atoms with Crippen molar-refractivity contribution in [3.05, 3.63) is 53.9 Å². The van der Waals surface area contributed by atoms with Crippen molar-refractivity contribution in [1.82, 2.24) is 15.5 Å². The fourth-order valence-electron chi connectivity index (χ4n) is 2.50. The molecule has 0 aliphatic rings. The van der Waals surface area contributed by atoms with Gasteiger partial charge in [-0.2, -0.15) is 4.98 Å². The standard InChI is InChI=1S/C19H19N3O4S/c1-24-12-8-9-13(15(10-12)25-2)18-21-17(26-22-18)11-20-19(23)14-6-4-5-7-16(14)27-3/h4-10H,11H2,1-3H3,(H,20,23). The lowest BCUT2D eigenvalue weighted by Crippen LogP contribution is -2.23. The molecule has 1 amide bonds. The summed E-state index contributed by atoms with van der Waals surface area (Å²) in [4.78, 5) is 17.6. The van der Waals surface area contributed by atoms with E-state index < -0.39 is 0 Å². The highest BCUT2D eigenvalue weighted by Crippen LogP contribution is 2.31. The van der Waals surface area contributed by atoms with Crippen molar-refractivity contribution in [3.8, 4) is 22.9 Å². The lowest BCUT2D eigenvalue weighted by molar-refractivity contribution is 0.0943. The largest absolute Gasteiger partial charge is 0.497 e. The van der Waals surface area contributed by atoms with Crippen LogP contribution in [0.4, 0.5) is 0 Å². The summed E-state index contributed by atoms with van der Waals surface area (Å²) in [6.45, 7) is 0.132. The number of aromatic nitrogens is 2. The van der Waals surface area contributed by atoms with Crippen molar-refractivity contribution in [2.75, 3.05) is 20.5 Å². The second kappa shape index (κ2) is 8.59. The Bertz CT molecular complexity index is 942. The minimum atomic E-state index is -0.193. The number of carbonyl (C=O) groups excluding carboxylic acids is 1. The molecule has 0 saturated carbocycles. The molecule has 0 aliphatic heterocycles. The maximum absolute atomic E-state index is 12.4. The molecule has 0 radical (unpaired) electrons. The Morgan fingerprint density at radius 2 is 2.00 bits per heavy atom. The molecule has 0 bridgehead atoms. The summed E-state index contributed by atoms with van der Waals surface area (Å²) in [5, 5.41) is 6.77. The minimum Gasteiger partial charge on any atom is -0.497 e. The van der Waals surface area contributed by atoms with Gasteiger partial charge in [-0.1, -0.05) is 17.3 Å². The lowest BCUT2D eigenvalue weighted by Gasteiger charge is -2.07. The van der Waals surface area contributed by atoms with Gasteiger partial charge in [0.15, 0.2) is 0 Å². The van der Waals surface area contributed by atoms with Gasteiger partial charge < -0.3 is 19.3 Å². The number of benzene rings is 2. The summed E-state index contributed by atoms with van der Waals surface area (Å²) in [5.74, 6) is 1.72. The normalized spacial score (nSPS) is 10.5. The van der Waals surface area contributed by atoms with Crippen LogP contribution < -0.4 is 14.8 Å². The quantitative estimate of drug-likeness (QED) is 0.624. The summed E-state index contributed by atoms with van der Waals surface area (Å²) >= 11 is 1.52. The van der Waals surface area contributed by atoms with Gasteiger partial charge in [-0.15, -0.1) is 11.8 Å². The number of thioether (sulfide) groups is 1. The Labute approximate surface area is 161 Å². The molecule has 0 aliphatic carbocycles. The highest BCUT2D eigenvalue weighted by atomic mass is 32.2. The zero-order valence-corrected chi connectivity index (χ0v) is 16.0. The first-order valence-electron chi connectivity index (χ1n) is 8.12. The summed E-state index contributed by atoms with van der Waals surface area (Å²) in [6, 6.07) is 12.7. The zero-order chi connectivity index (χ0) is 19.2. The van der Waals surface area contributed by atoms with Gasteiger partial charge in [-0.25, -0.2) is 0 Å². The smallest absolute Gasteiger partial charge is 0.252 e. The van der Waals surface area contributed by atoms with Crippen molar-refractivity contribution in [2.24, 2.45) is 0 Å². The molecule has 0 spiro atoms. The Morgan fingerprint density at radius 1 is 1.19 bits per heavy atom. The van der Waals surface area contributed by atoms with Crippen LogP contribution in [0.5, 0.6) is 11.5 Å². The van der Waals surface area contributed by atoms with Gasteiger partial charge >= 0.3 is 0 Å². The molecule has 140 valence electrons. The Kier molecular flexibility index (Phi) is 5.97. The number of ether oxygens (including phenoxy) is 2. The highest BCUT2D eigenvalue weighted by molar-refractivity contribution is 7.98. The second-order valence-electron chi connectivity index (χ2n) is 5.46.